The Bertz CT molecular complexity index is 222. The number of hydrogen-bond acceptors (Lipinski definition) is 3. The molecule has 0 aromatic rings. The van der Waals surface area contributed by atoms with Crippen LogP contribution in [0.15, 0.2) is 0 Å². The second-order valence-electron chi connectivity index (χ2n) is 2.40. The Labute approximate surface area is 77.6 Å². The maximum absolute atomic E-state index is 11.2. The van der Waals surface area contributed by atoms with Gasteiger partial charge in [-0.2, -0.15) is 10.5 Å². The molecule has 70 valence electrons. The van der Waals surface area contributed by atoms with Crippen LogP contribution in [0.4, 0.5) is 4.79 Å². The van der Waals surface area contributed by atoms with E-state index in [9.17, 15) is 4.79 Å². The first-order chi connectivity index (χ1) is 6.26. The second kappa shape index (κ2) is 6.93. The summed E-state index contributed by atoms with van der Waals surface area (Å²) in [4.78, 5) is 12.4. The largest absolute Gasteiger partial charge is 0.338 e. The van der Waals surface area contributed by atoms with Crippen molar-refractivity contribution >= 4 is 6.03 Å². The lowest BCUT2D eigenvalue weighted by Crippen LogP contribution is -2.40. The van der Waals surface area contributed by atoms with E-state index in [0.717, 1.165) is 11.3 Å². The lowest BCUT2D eigenvalue weighted by atomic mass is 10.5. The van der Waals surface area contributed by atoms with Crippen molar-refractivity contribution in [2.75, 3.05) is 19.6 Å². The molecular weight excluding hydrogens is 168 g/mol. The van der Waals surface area contributed by atoms with Crippen molar-refractivity contribution in [3.8, 4) is 12.1 Å². The molecule has 0 aromatic heterocycles. The highest BCUT2D eigenvalue weighted by atomic mass is 16.2. The Balaban J connectivity index is 3.98. The Hall–Kier alpha value is -1.75. The van der Waals surface area contributed by atoms with Crippen LogP contribution in [0.5, 0.6) is 0 Å². The molecule has 0 spiro atoms. The number of carbonyl (C=O) groups excluding carboxylic acids is 1. The topological polar surface area (TPSA) is 79.9 Å². The van der Waals surface area contributed by atoms with Crippen LogP contribution in [0, 0.1) is 22.7 Å². The number of hydrogen-bond donors (Lipinski definition) is 1. The van der Waals surface area contributed by atoms with Crippen LogP contribution in [-0.4, -0.2) is 30.6 Å². The number of urea groups is 1. The minimum absolute atomic E-state index is 0.0525. The minimum atomic E-state index is -0.357. The monoisotopic (exact) mass is 180 g/mol. The van der Waals surface area contributed by atoms with Crippen LogP contribution in [-0.2, 0) is 0 Å². The minimum Gasteiger partial charge on any atom is -0.338 e. The average molecular weight is 180 g/mol. The smallest absolute Gasteiger partial charge is 0.319 e. The van der Waals surface area contributed by atoms with Crippen LogP contribution in [0.25, 0.3) is 0 Å². The summed E-state index contributed by atoms with van der Waals surface area (Å²) in [5.74, 6) is 0. The molecule has 5 heteroatoms. The van der Waals surface area contributed by atoms with Crippen molar-refractivity contribution < 1.29 is 4.79 Å². The normalized spacial score (nSPS) is 8.23. The molecule has 2 amide bonds. The molecule has 0 atom stereocenters. The van der Waals surface area contributed by atoms with Gasteiger partial charge in [-0.05, 0) is 6.42 Å². The molecule has 13 heavy (non-hydrogen) atoms. The van der Waals surface area contributed by atoms with Gasteiger partial charge in [-0.25, -0.2) is 4.79 Å². The van der Waals surface area contributed by atoms with E-state index in [4.69, 9.17) is 10.5 Å². The highest BCUT2D eigenvalue weighted by Gasteiger charge is 2.10. The molecule has 0 aliphatic heterocycles. The summed E-state index contributed by atoms with van der Waals surface area (Å²) in [5, 5.41) is 19.3. The van der Waals surface area contributed by atoms with Crippen molar-refractivity contribution in [2.24, 2.45) is 0 Å². The zero-order valence-electron chi connectivity index (χ0n) is 7.58. The van der Waals surface area contributed by atoms with Crippen molar-refractivity contribution in [3.05, 3.63) is 0 Å². The van der Waals surface area contributed by atoms with Gasteiger partial charge >= 0.3 is 6.03 Å². The van der Waals surface area contributed by atoms with Crippen LogP contribution >= 0.6 is 0 Å². The van der Waals surface area contributed by atoms with E-state index < -0.39 is 0 Å². The first-order valence-corrected chi connectivity index (χ1v) is 4.03. The van der Waals surface area contributed by atoms with E-state index in [0.29, 0.717) is 6.54 Å². The second-order valence-corrected chi connectivity index (χ2v) is 2.40. The Kier molecular flexibility index (Phi) is 6.00. The Morgan fingerprint density at radius 1 is 1.38 bits per heavy atom. The van der Waals surface area contributed by atoms with E-state index in [2.05, 4.69) is 5.32 Å². The maximum Gasteiger partial charge on any atom is 0.319 e. The number of nitriles is 2. The number of nitrogens with zero attached hydrogens (tertiary/aromatic N) is 3. The number of rotatable bonds is 4. The van der Waals surface area contributed by atoms with E-state index in [1.807, 2.05) is 19.1 Å². The Morgan fingerprint density at radius 3 is 2.31 bits per heavy atom. The fourth-order valence-corrected chi connectivity index (χ4v) is 0.714. The average Bonchev–Trinajstić information content (AvgIpc) is 2.14. The fraction of sp³-hybridized carbons (Fsp3) is 0.625. The van der Waals surface area contributed by atoms with Gasteiger partial charge in [-0.3, -0.25) is 4.90 Å². The molecular formula is C8H12N4O. The van der Waals surface area contributed by atoms with Crippen LogP contribution in [0.2, 0.25) is 0 Å². The zero-order valence-corrected chi connectivity index (χ0v) is 7.58. The van der Waals surface area contributed by atoms with Crippen molar-refractivity contribution in [1.82, 2.24) is 10.2 Å². The zero-order chi connectivity index (χ0) is 10.1. The van der Waals surface area contributed by atoms with Crippen molar-refractivity contribution in [2.45, 2.75) is 13.3 Å². The van der Waals surface area contributed by atoms with Gasteiger partial charge in [0, 0.05) is 6.54 Å². The third-order valence-electron chi connectivity index (χ3n) is 1.34. The van der Waals surface area contributed by atoms with Gasteiger partial charge in [0.2, 0.25) is 0 Å². The molecule has 0 aliphatic carbocycles. The summed E-state index contributed by atoms with van der Waals surface area (Å²) < 4.78 is 0. The molecule has 0 fully saturated rings. The molecule has 0 aromatic carbocycles. The van der Waals surface area contributed by atoms with Gasteiger partial charge < -0.3 is 5.32 Å². The quantitative estimate of drug-likeness (QED) is 0.638. The van der Waals surface area contributed by atoms with Gasteiger partial charge in [0.05, 0.1) is 12.1 Å². The molecule has 0 heterocycles. The van der Waals surface area contributed by atoms with Crippen molar-refractivity contribution in [3.63, 3.8) is 0 Å². The summed E-state index contributed by atoms with van der Waals surface area (Å²) in [5.41, 5.74) is 0. The highest BCUT2D eigenvalue weighted by Crippen LogP contribution is 1.87. The Morgan fingerprint density at radius 2 is 1.92 bits per heavy atom. The van der Waals surface area contributed by atoms with E-state index in [-0.39, 0.29) is 19.1 Å². The molecule has 5 nitrogen and oxygen atoms in total. The van der Waals surface area contributed by atoms with Gasteiger partial charge in [0.15, 0.2) is 0 Å². The van der Waals surface area contributed by atoms with Gasteiger partial charge in [0.25, 0.3) is 0 Å². The van der Waals surface area contributed by atoms with Gasteiger partial charge in [-0.15, -0.1) is 0 Å². The summed E-state index contributed by atoms with van der Waals surface area (Å²) in [6.07, 6.45) is 0.832. The SMILES string of the molecule is CCCNC(=O)N(CC#N)CC#N. The first kappa shape index (κ1) is 11.2. The summed E-state index contributed by atoms with van der Waals surface area (Å²) in [6, 6.07) is 3.29. The number of amides is 2. The third-order valence-corrected chi connectivity index (χ3v) is 1.34. The molecule has 0 radical (unpaired) electrons. The van der Waals surface area contributed by atoms with Crippen LogP contribution < -0.4 is 5.32 Å². The predicted molar refractivity (Wildman–Crippen MR) is 46.5 cm³/mol. The summed E-state index contributed by atoms with van der Waals surface area (Å²) >= 11 is 0. The molecule has 0 aliphatic rings. The van der Waals surface area contributed by atoms with Crippen molar-refractivity contribution in [1.29, 1.82) is 10.5 Å². The standard InChI is InChI=1S/C8H12N4O/c1-2-5-11-8(13)12(6-3-9)7-4-10/h2,5-7H2,1H3,(H,11,13). The summed E-state index contributed by atoms with van der Waals surface area (Å²) in [6.45, 7) is 2.39. The molecule has 0 bridgehead atoms. The number of nitrogens with one attached hydrogen (secondary N) is 1. The predicted octanol–water partition coefficient (Wildman–Crippen LogP) is 0.455. The van der Waals surface area contributed by atoms with E-state index in [1.165, 1.54) is 0 Å². The molecule has 0 unspecified atom stereocenters. The fourth-order valence-electron chi connectivity index (χ4n) is 0.714. The van der Waals surface area contributed by atoms with Crippen LogP contribution in [0.1, 0.15) is 13.3 Å². The lowest BCUT2D eigenvalue weighted by molar-refractivity contribution is 0.209. The van der Waals surface area contributed by atoms with Crippen LogP contribution in [0.3, 0.4) is 0 Å². The highest BCUT2D eigenvalue weighted by molar-refractivity contribution is 5.74. The van der Waals surface area contributed by atoms with E-state index >= 15 is 0 Å². The summed E-state index contributed by atoms with van der Waals surface area (Å²) in [7, 11) is 0. The molecule has 1 N–H and O–H groups in total. The lowest BCUT2D eigenvalue weighted by Gasteiger charge is -2.15. The molecule has 0 saturated heterocycles. The third kappa shape index (κ3) is 4.65. The molecule has 0 rings (SSSR count). The van der Waals surface area contributed by atoms with E-state index in [1.54, 1.807) is 0 Å². The van der Waals surface area contributed by atoms with Gasteiger partial charge in [0.1, 0.15) is 13.1 Å². The number of carbonyl (C=O) groups is 1. The maximum atomic E-state index is 11.2. The molecule has 0 saturated carbocycles. The first-order valence-electron chi connectivity index (χ1n) is 4.03. The van der Waals surface area contributed by atoms with Gasteiger partial charge in [-0.1, -0.05) is 6.92 Å².